The molecule has 1 aliphatic heterocycles. The van der Waals surface area contributed by atoms with E-state index >= 15 is 0 Å². The van der Waals surface area contributed by atoms with Gasteiger partial charge in [-0.3, -0.25) is 4.79 Å². The molecule has 0 aromatic heterocycles. The lowest BCUT2D eigenvalue weighted by molar-refractivity contribution is 0.104. The fraction of sp³-hybridized carbons (Fsp3) is 0.211. The van der Waals surface area contributed by atoms with Crippen molar-refractivity contribution in [2.45, 2.75) is 0 Å². The summed E-state index contributed by atoms with van der Waals surface area (Å²) in [7, 11) is 4.66. The summed E-state index contributed by atoms with van der Waals surface area (Å²) in [6, 6.07) is 8.55. The van der Waals surface area contributed by atoms with Crippen molar-refractivity contribution >= 4 is 11.9 Å². The first-order valence-corrected chi connectivity index (χ1v) is 7.58. The van der Waals surface area contributed by atoms with Crippen molar-refractivity contribution in [2.24, 2.45) is 0 Å². The van der Waals surface area contributed by atoms with Crippen molar-refractivity contribution in [2.75, 3.05) is 28.1 Å². The number of ether oxygens (including phenoxy) is 5. The Morgan fingerprint density at radius 3 is 2.32 bits per heavy atom. The molecular formula is C19H18O6. The Bertz CT molecular complexity index is 825. The van der Waals surface area contributed by atoms with Gasteiger partial charge in [0.2, 0.25) is 6.79 Å². The van der Waals surface area contributed by atoms with Gasteiger partial charge in [-0.25, -0.2) is 0 Å². The number of allylic oxidation sites excluding steroid dienone is 1. The van der Waals surface area contributed by atoms with Crippen LogP contribution in [0, 0.1) is 0 Å². The normalized spacial score (nSPS) is 12.3. The van der Waals surface area contributed by atoms with E-state index in [1.807, 2.05) is 0 Å². The van der Waals surface area contributed by atoms with Crippen LogP contribution in [0.1, 0.15) is 15.9 Å². The zero-order valence-corrected chi connectivity index (χ0v) is 14.2. The second-order valence-corrected chi connectivity index (χ2v) is 5.21. The number of carbonyl (C=O) groups excluding carboxylic acids is 1. The van der Waals surface area contributed by atoms with Gasteiger partial charge >= 0.3 is 0 Å². The summed E-state index contributed by atoms with van der Waals surface area (Å²) in [5.41, 5.74) is 1.22. The Hall–Kier alpha value is -3.15. The first-order chi connectivity index (χ1) is 12.2. The van der Waals surface area contributed by atoms with E-state index in [0.29, 0.717) is 39.9 Å². The molecule has 0 unspecified atom stereocenters. The maximum atomic E-state index is 12.4. The van der Waals surface area contributed by atoms with Gasteiger partial charge in [-0.1, -0.05) is 0 Å². The number of methoxy groups -OCH3 is 3. The van der Waals surface area contributed by atoms with Gasteiger partial charge in [-0.2, -0.15) is 0 Å². The summed E-state index contributed by atoms with van der Waals surface area (Å²) in [6.45, 7) is 0.172. The van der Waals surface area contributed by atoms with E-state index in [-0.39, 0.29) is 12.6 Å². The maximum absolute atomic E-state index is 12.4. The number of rotatable bonds is 6. The highest BCUT2D eigenvalue weighted by molar-refractivity contribution is 6.07. The maximum Gasteiger partial charge on any atom is 0.231 e. The third kappa shape index (κ3) is 3.38. The Kier molecular flexibility index (Phi) is 4.79. The van der Waals surface area contributed by atoms with E-state index in [0.717, 1.165) is 0 Å². The number of hydrogen-bond donors (Lipinski definition) is 0. The summed E-state index contributed by atoms with van der Waals surface area (Å²) >= 11 is 0. The number of fused-ring (bicyclic) bond motifs is 1. The van der Waals surface area contributed by atoms with E-state index < -0.39 is 0 Å². The second kappa shape index (κ2) is 7.17. The molecule has 1 heterocycles. The minimum atomic E-state index is -0.157. The van der Waals surface area contributed by atoms with Gasteiger partial charge in [0.15, 0.2) is 28.8 Å². The van der Waals surface area contributed by atoms with E-state index in [1.54, 1.807) is 57.7 Å². The van der Waals surface area contributed by atoms with Gasteiger partial charge in [-0.15, -0.1) is 0 Å². The minimum Gasteiger partial charge on any atom is -0.496 e. The van der Waals surface area contributed by atoms with Crippen LogP contribution in [-0.2, 0) is 0 Å². The van der Waals surface area contributed by atoms with Crippen molar-refractivity contribution in [3.05, 3.63) is 47.5 Å². The van der Waals surface area contributed by atoms with Crippen LogP contribution in [0.15, 0.2) is 36.4 Å². The van der Waals surface area contributed by atoms with Crippen LogP contribution < -0.4 is 23.7 Å². The quantitative estimate of drug-likeness (QED) is 0.593. The fourth-order valence-corrected chi connectivity index (χ4v) is 2.49. The van der Waals surface area contributed by atoms with Crippen molar-refractivity contribution in [1.29, 1.82) is 0 Å². The van der Waals surface area contributed by atoms with Crippen LogP contribution in [0.25, 0.3) is 6.08 Å². The van der Waals surface area contributed by atoms with Crippen LogP contribution in [0.2, 0.25) is 0 Å². The predicted molar refractivity (Wildman–Crippen MR) is 92.0 cm³/mol. The molecule has 0 amide bonds. The van der Waals surface area contributed by atoms with Crippen LogP contribution in [0.4, 0.5) is 0 Å². The highest BCUT2D eigenvalue weighted by Gasteiger charge is 2.15. The molecule has 2 aromatic carbocycles. The molecule has 0 saturated carbocycles. The number of ketones is 1. The second-order valence-electron chi connectivity index (χ2n) is 5.21. The van der Waals surface area contributed by atoms with Gasteiger partial charge in [0.05, 0.1) is 21.3 Å². The molecule has 2 aromatic rings. The highest BCUT2D eigenvalue weighted by Crippen LogP contribution is 2.36. The van der Waals surface area contributed by atoms with Crippen LogP contribution >= 0.6 is 0 Å². The van der Waals surface area contributed by atoms with E-state index in [1.165, 1.54) is 6.08 Å². The zero-order valence-electron chi connectivity index (χ0n) is 14.2. The van der Waals surface area contributed by atoms with Gasteiger partial charge < -0.3 is 23.7 Å². The monoisotopic (exact) mass is 342 g/mol. The van der Waals surface area contributed by atoms with Crippen LogP contribution in [0.5, 0.6) is 28.7 Å². The molecule has 3 rings (SSSR count). The molecule has 6 nitrogen and oxygen atoms in total. The fourth-order valence-electron chi connectivity index (χ4n) is 2.49. The van der Waals surface area contributed by atoms with Gasteiger partial charge in [0.25, 0.3) is 0 Å². The van der Waals surface area contributed by atoms with Crippen molar-refractivity contribution in [3.8, 4) is 28.7 Å². The average Bonchev–Trinajstić information content (AvgIpc) is 3.12. The zero-order chi connectivity index (χ0) is 17.8. The predicted octanol–water partition coefficient (Wildman–Crippen LogP) is 3.34. The summed E-state index contributed by atoms with van der Waals surface area (Å²) in [6.07, 6.45) is 3.15. The molecule has 0 bridgehead atoms. The molecule has 0 spiro atoms. The van der Waals surface area contributed by atoms with Crippen molar-refractivity contribution in [3.63, 3.8) is 0 Å². The lowest BCUT2D eigenvalue weighted by atomic mass is 10.1. The topological polar surface area (TPSA) is 63.2 Å². The molecule has 25 heavy (non-hydrogen) atoms. The SMILES string of the molecule is COc1cc(OC)c(OC)cc1C=CC(=O)c1ccc2c(c1)OCO2. The van der Waals surface area contributed by atoms with E-state index in [9.17, 15) is 4.79 Å². The molecule has 1 aliphatic rings. The third-order valence-corrected chi connectivity index (χ3v) is 3.81. The molecule has 0 saturated heterocycles. The first kappa shape index (κ1) is 16.7. The number of benzene rings is 2. The van der Waals surface area contributed by atoms with Gasteiger partial charge in [0, 0.05) is 17.2 Å². The molecule has 130 valence electrons. The minimum absolute atomic E-state index is 0.157. The molecular weight excluding hydrogens is 324 g/mol. The molecule has 0 N–H and O–H groups in total. The van der Waals surface area contributed by atoms with Crippen LogP contribution in [0.3, 0.4) is 0 Å². The largest absolute Gasteiger partial charge is 0.496 e. The van der Waals surface area contributed by atoms with E-state index in [4.69, 9.17) is 23.7 Å². The van der Waals surface area contributed by atoms with Gasteiger partial charge in [0.1, 0.15) is 5.75 Å². The third-order valence-electron chi connectivity index (χ3n) is 3.81. The molecule has 6 heteroatoms. The number of hydrogen-bond acceptors (Lipinski definition) is 6. The van der Waals surface area contributed by atoms with Gasteiger partial charge in [-0.05, 0) is 36.4 Å². The average molecular weight is 342 g/mol. The van der Waals surface area contributed by atoms with Crippen molar-refractivity contribution < 1.29 is 28.5 Å². The summed E-state index contributed by atoms with van der Waals surface area (Å²) < 4.78 is 26.4. The lowest BCUT2D eigenvalue weighted by Gasteiger charge is -2.12. The van der Waals surface area contributed by atoms with Crippen molar-refractivity contribution in [1.82, 2.24) is 0 Å². The molecule has 0 aliphatic carbocycles. The Balaban J connectivity index is 1.87. The lowest BCUT2D eigenvalue weighted by Crippen LogP contribution is -1.96. The number of carbonyl (C=O) groups is 1. The Labute approximate surface area is 145 Å². The summed E-state index contributed by atoms with van der Waals surface area (Å²) in [5.74, 6) is 2.74. The van der Waals surface area contributed by atoms with Crippen LogP contribution in [-0.4, -0.2) is 33.9 Å². The Morgan fingerprint density at radius 2 is 1.60 bits per heavy atom. The summed E-state index contributed by atoms with van der Waals surface area (Å²) in [5, 5.41) is 0. The standard InChI is InChI=1S/C19H18O6/c1-21-16-10-18(23-3)17(22-2)9-13(16)4-6-14(20)12-5-7-15-19(8-12)25-11-24-15/h4-10H,11H2,1-3H3. The smallest absolute Gasteiger partial charge is 0.231 e. The molecule has 0 radical (unpaired) electrons. The Morgan fingerprint density at radius 1 is 0.920 bits per heavy atom. The van der Waals surface area contributed by atoms with E-state index in [2.05, 4.69) is 0 Å². The first-order valence-electron chi connectivity index (χ1n) is 7.58. The molecule has 0 atom stereocenters. The summed E-state index contributed by atoms with van der Waals surface area (Å²) in [4.78, 5) is 12.4. The highest BCUT2D eigenvalue weighted by atomic mass is 16.7. The molecule has 0 fully saturated rings.